The minimum absolute atomic E-state index is 0. The van der Waals surface area contributed by atoms with Crippen LogP contribution in [0.3, 0.4) is 0 Å². The van der Waals surface area contributed by atoms with Crippen molar-refractivity contribution in [1.29, 1.82) is 0 Å². The van der Waals surface area contributed by atoms with Crippen molar-refractivity contribution < 1.29 is 18.6 Å². The van der Waals surface area contributed by atoms with Crippen molar-refractivity contribution in [3.63, 3.8) is 0 Å². The Bertz CT molecular complexity index is 878. The summed E-state index contributed by atoms with van der Waals surface area (Å²) in [6.45, 7) is 1.08. The standard InChI is InChI=1S/C11H12FNO.C6H7FN2.C5H8O.ClH/c12-9-3-4-11-10(6-9)8(7-13-11)2-1-5-14;7-5-1-3-6(9-8)4-2-5;1-2-4-6-5-3-1;/h3-4,6-7,13-14H,1-2,5H2;1-4,9H,8H2;2,4H,1,3,5H2;1H. The number of aromatic amines is 1. The molecule has 0 unspecified atom stereocenters. The van der Waals surface area contributed by atoms with Gasteiger partial charge in [-0.1, -0.05) is 0 Å². The van der Waals surface area contributed by atoms with E-state index in [0.29, 0.717) is 12.1 Å². The number of H-pyrrole nitrogens is 1. The van der Waals surface area contributed by atoms with E-state index in [4.69, 9.17) is 15.7 Å². The molecule has 0 atom stereocenters. The molecular formula is C22H28ClF2N3O2. The molecule has 2 aromatic carbocycles. The number of ether oxygens (including phenoxy) is 1. The third kappa shape index (κ3) is 8.82. The number of hydrogen-bond donors (Lipinski definition) is 4. The molecule has 5 nitrogen and oxygen atoms in total. The maximum absolute atomic E-state index is 13.0. The zero-order valence-electron chi connectivity index (χ0n) is 16.6. The minimum atomic E-state index is -0.256. The maximum Gasteiger partial charge on any atom is 0.123 e. The van der Waals surface area contributed by atoms with Gasteiger partial charge >= 0.3 is 0 Å². The average molecular weight is 440 g/mol. The van der Waals surface area contributed by atoms with Gasteiger partial charge in [0.1, 0.15) is 11.6 Å². The van der Waals surface area contributed by atoms with Crippen LogP contribution in [-0.4, -0.2) is 23.3 Å². The Hall–Kier alpha value is -2.61. The predicted molar refractivity (Wildman–Crippen MR) is 119 cm³/mol. The van der Waals surface area contributed by atoms with Crippen LogP contribution in [0, 0.1) is 11.6 Å². The van der Waals surface area contributed by atoms with E-state index in [1.54, 1.807) is 24.5 Å². The number of hydrogen-bond acceptors (Lipinski definition) is 4. The SMILES string of the molecule is C1=COCCC1.Cl.NNc1ccc(F)cc1.OCCCc1c[nH]c2ccc(F)cc12. The second kappa shape index (κ2) is 14.4. The summed E-state index contributed by atoms with van der Waals surface area (Å²) in [5.41, 5.74) is 5.10. The molecule has 0 spiro atoms. The first-order chi connectivity index (χ1) is 14.1. The molecular weight excluding hydrogens is 412 g/mol. The highest BCUT2D eigenvalue weighted by Crippen LogP contribution is 2.20. The Morgan fingerprint density at radius 3 is 2.37 bits per heavy atom. The lowest BCUT2D eigenvalue weighted by Crippen LogP contribution is -2.05. The van der Waals surface area contributed by atoms with Gasteiger partial charge in [0.25, 0.3) is 0 Å². The average Bonchev–Trinajstić information content (AvgIpc) is 3.17. The van der Waals surface area contributed by atoms with Crippen LogP contribution in [0.5, 0.6) is 0 Å². The van der Waals surface area contributed by atoms with Crippen LogP contribution in [0.2, 0.25) is 0 Å². The summed E-state index contributed by atoms with van der Waals surface area (Å²) in [7, 11) is 0. The number of anilines is 1. The molecule has 1 aromatic heterocycles. The number of aromatic nitrogens is 1. The van der Waals surface area contributed by atoms with E-state index in [0.717, 1.165) is 29.5 Å². The van der Waals surface area contributed by atoms with Gasteiger partial charge in [0.15, 0.2) is 0 Å². The van der Waals surface area contributed by atoms with E-state index >= 15 is 0 Å². The third-order valence-electron chi connectivity index (χ3n) is 4.17. The first-order valence-electron chi connectivity index (χ1n) is 9.49. The lowest BCUT2D eigenvalue weighted by atomic mass is 10.1. The van der Waals surface area contributed by atoms with Gasteiger partial charge in [-0.05, 0) is 79.8 Å². The highest BCUT2D eigenvalue weighted by atomic mass is 35.5. The van der Waals surface area contributed by atoms with Crippen LogP contribution in [0.4, 0.5) is 14.5 Å². The highest BCUT2D eigenvalue weighted by Gasteiger charge is 2.03. The Morgan fingerprint density at radius 1 is 1.10 bits per heavy atom. The molecule has 1 aliphatic rings. The molecule has 164 valence electrons. The number of aliphatic hydroxyl groups is 1. The minimum Gasteiger partial charge on any atom is -0.502 e. The number of aryl methyl sites for hydroxylation is 1. The number of hydrazine groups is 1. The fraction of sp³-hybridized carbons (Fsp3) is 0.273. The van der Waals surface area contributed by atoms with Gasteiger partial charge in [0.05, 0.1) is 12.9 Å². The highest BCUT2D eigenvalue weighted by molar-refractivity contribution is 5.85. The molecule has 5 N–H and O–H groups in total. The number of fused-ring (bicyclic) bond motifs is 1. The van der Waals surface area contributed by atoms with Crippen LogP contribution in [0.25, 0.3) is 10.9 Å². The van der Waals surface area contributed by atoms with Crippen LogP contribution >= 0.6 is 12.4 Å². The summed E-state index contributed by atoms with van der Waals surface area (Å²) < 4.78 is 30.0. The molecule has 2 heterocycles. The molecule has 3 aromatic rings. The van der Waals surface area contributed by atoms with Crippen LogP contribution < -0.4 is 11.3 Å². The first kappa shape index (κ1) is 25.4. The summed E-state index contributed by atoms with van der Waals surface area (Å²) in [5.74, 6) is 4.55. The normalized spacial score (nSPS) is 11.9. The summed E-state index contributed by atoms with van der Waals surface area (Å²) in [6, 6.07) is 10.5. The van der Waals surface area contributed by atoms with Crippen molar-refractivity contribution in [3.8, 4) is 0 Å². The number of nitrogen functional groups attached to an aromatic ring is 1. The van der Waals surface area contributed by atoms with Gasteiger partial charge in [0.2, 0.25) is 0 Å². The summed E-state index contributed by atoms with van der Waals surface area (Å²) in [5, 5.41) is 9.62. The summed E-state index contributed by atoms with van der Waals surface area (Å²) >= 11 is 0. The number of rotatable bonds is 4. The van der Waals surface area contributed by atoms with Crippen LogP contribution in [0.1, 0.15) is 24.8 Å². The number of aliphatic hydroxyl groups excluding tert-OH is 1. The first-order valence-corrected chi connectivity index (χ1v) is 9.49. The van der Waals surface area contributed by atoms with Crippen molar-refractivity contribution in [2.45, 2.75) is 25.7 Å². The van der Waals surface area contributed by atoms with E-state index in [2.05, 4.69) is 10.4 Å². The lowest BCUT2D eigenvalue weighted by molar-refractivity contribution is 0.231. The molecule has 0 radical (unpaired) electrons. The quantitative estimate of drug-likeness (QED) is 0.337. The Balaban J connectivity index is 0.000000242. The Labute approximate surface area is 181 Å². The number of allylic oxidation sites excluding steroid dienone is 1. The number of nitrogens with two attached hydrogens (primary N) is 1. The largest absolute Gasteiger partial charge is 0.502 e. The zero-order chi connectivity index (χ0) is 20.9. The summed E-state index contributed by atoms with van der Waals surface area (Å²) in [6.07, 6.45) is 9.56. The molecule has 0 saturated carbocycles. The van der Waals surface area contributed by atoms with Crippen molar-refractivity contribution in [3.05, 3.63) is 78.2 Å². The van der Waals surface area contributed by atoms with Gasteiger partial charge < -0.3 is 20.3 Å². The van der Waals surface area contributed by atoms with Gasteiger partial charge in [0, 0.05) is 29.4 Å². The third-order valence-corrected chi connectivity index (χ3v) is 4.17. The second-order valence-corrected chi connectivity index (χ2v) is 6.37. The Morgan fingerprint density at radius 2 is 1.83 bits per heavy atom. The topological polar surface area (TPSA) is 83.3 Å². The molecule has 0 fully saturated rings. The van der Waals surface area contributed by atoms with Crippen molar-refractivity contribution in [2.24, 2.45) is 5.84 Å². The summed E-state index contributed by atoms with van der Waals surface area (Å²) in [4.78, 5) is 3.08. The molecule has 0 amide bonds. The van der Waals surface area contributed by atoms with Gasteiger partial charge in [-0.25, -0.2) is 8.78 Å². The fourth-order valence-electron chi connectivity index (χ4n) is 2.66. The monoisotopic (exact) mass is 439 g/mol. The number of halogens is 3. The number of benzene rings is 2. The van der Waals surface area contributed by atoms with Gasteiger partial charge in [-0.3, -0.25) is 5.84 Å². The Kier molecular flexibility index (Phi) is 12.2. The van der Waals surface area contributed by atoms with Crippen molar-refractivity contribution >= 4 is 29.0 Å². The van der Waals surface area contributed by atoms with Gasteiger partial charge in [-0.15, -0.1) is 12.4 Å². The van der Waals surface area contributed by atoms with E-state index in [-0.39, 0.29) is 30.6 Å². The van der Waals surface area contributed by atoms with E-state index in [9.17, 15) is 8.78 Å². The van der Waals surface area contributed by atoms with Crippen molar-refractivity contribution in [1.82, 2.24) is 4.98 Å². The van der Waals surface area contributed by atoms with Crippen LogP contribution in [-0.2, 0) is 11.2 Å². The van der Waals surface area contributed by atoms with E-state index < -0.39 is 0 Å². The molecule has 0 saturated heterocycles. The van der Waals surface area contributed by atoms with E-state index in [1.807, 2.05) is 12.3 Å². The predicted octanol–water partition coefficient (Wildman–Crippen LogP) is 5.08. The zero-order valence-corrected chi connectivity index (χ0v) is 17.4. The molecule has 1 aliphatic heterocycles. The van der Waals surface area contributed by atoms with Crippen molar-refractivity contribution in [2.75, 3.05) is 18.6 Å². The number of nitrogens with one attached hydrogen (secondary N) is 2. The van der Waals surface area contributed by atoms with Gasteiger partial charge in [-0.2, -0.15) is 0 Å². The molecule has 4 rings (SSSR count). The lowest BCUT2D eigenvalue weighted by Gasteiger charge is -2.01. The van der Waals surface area contributed by atoms with Crippen LogP contribution in [0.15, 0.2) is 61.0 Å². The fourth-order valence-corrected chi connectivity index (χ4v) is 2.66. The molecule has 30 heavy (non-hydrogen) atoms. The smallest absolute Gasteiger partial charge is 0.123 e. The molecule has 0 aliphatic carbocycles. The van der Waals surface area contributed by atoms with E-state index in [1.165, 1.54) is 37.1 Å². The molecule has 0 bridgehead atoms. The maximum atomic E-state index is 13.0. The molecule has 8 heteroatoms. The second-order valence-electron chi connectivity index (χ2n) is 6.37.